The number of allylic oxidation sites excluding steroid dienone is 1. The number of unbranched alkanes of at least 4 members (excludes halogenated alkanes) is 1. The lowest BCUT2D eigenvalue weighted by Crippen LogP contribution is -2.54. The Bertz CT molecular complexity index is 291. The zero-order chi connectivity index (χ0) is 11.4. The Labute approximate surface area is 106 Å². The first-order chi connectivity index (χ1) is 7.08. The van der Waals surface area contributed by atoms with Gasteiger partial charge in [0.15, 0.2) is 0 Å². The number of hydrogen-bond donors (Lipinski definition) is 1. The van der Waals surface area contributed by atoms with Gasteiger partial charge in [0.25, 0.3) is 0 Å². The summed E-state index contributed by atoms with van der Waals surface area (Å²) in [6, 6.07) is 0. The van der Waals surface area contributed by atoms with E-state index in [0.717, 1.165) is 32.1 Å². The van der Waals surface area contributed by atoms with Crippen molar-refractivity contribution in [3.63, 3.8) is 0 Å². The van der Waals surface area contributed by atoms with Crippen molar-refractivity contribution in [2.45, 2.75) is 44.6 Å². The van der Waals surface area contributed by atoms with Gasteiger partial charge in [0.05, 0.1) is 5.60 Å². The Morgan fingerprint density at radius 3 is 2.73 bits per heavy atom. The highest BCUT2D eigenvalue weighted by atomic mass is 127. The summed E-state index contributed by atoms with van der Waals surface area (Å²) in [5, 5.41) is 10.3. The van der Waals surface area contributed by atoms with Gasteiger partial charge in [0, 0.05) is 5.41 Å². The van der Waals surface area contributed by atoms with E-state index in [-0.39, 0.29) is 5.41 Å². The third-order valence-corrected chi connectivity index (χ3v) is 4.14. The third kappa shape index (κ3) is 2.74. The molecule has 2 atom stereocenters. The lowest BCUT2D eigenvalue weighted by Gasteiger charge is -2.53. The normalized spacial score (nSPS) is 34.9. The highest BCUT2D eigenvalue weighted by Crippen LogP contribution is 2.53. The molecule has 1 saturated carbocycles. The quantitative estimate of drug-likeness (QED) is 0.462. The second-order valence-corrected chi connectivity index (χ2v) is 5.31. The van der Waals surface area contributed by atoms with Crippen LogP contribution in [0, 0.1) is 5.41 Å². The first-order valence-corrected chi connectivity index (χ1v) is 6.67. The van der Waals surface area contributed by atoms with Gasteiger partial charge in [0.2, 0.25) is 0 Å². The number of hydrogen-bond acceptors (Lipinski definition) is 1. The lowest BCUT2D eigenvalue weighted by atomic mass is 9.55. The highest BCUT2D eigenvalue weighted by Gasteiger charge is 2.52. The molecule has 0 aliphatic heterocycles. The van der Waals surface area contributed by atoms with Crippen LogP contribution in [0.3, 0.4) is 0 Å². The Morgan fingerprint density at radius 1 is 1.53 bits per heavy atom. The van der Waals surface area contributed by atoms with Crippen molar-refractivity contribution in [2.75, 3.05) is 0 Å². The molecule has 0 heterocycles. The summed E-state index contributed by atoms with van der Waals surface area (Å²) in [6.07, 6.45) is 9.19. The fourth-order valence-corrected chi connectivity index (χ4v) is 2.60. The van der Waals surface area contributed by atoms with Crippen LogP contribution < -0.4 is 0 Å². The van der Waals surface area contributed by atoms with Crippen LogP contribution in [-0.4, -0.2) is 10.7 Å². The SMILES string of the molecule is C=C=C[C@]1(O)CC[C@@]1(C)CCC/C=C\I. The minimum Gasteiger partial charge on any atom is -0.385 e. The molecule has 0 aromatic heterocycles. The van der Waals surface area contributed by atoms with Gasteiger partial charge in [-0.1, -0.05) is 42.2 Å². The lowest BCUT2D eigenvalue weighted by molar-refractivity contribution is -0.125. The number of aliphatic hydroxyl groups is 1. The molecule has 84 valence electrons. The van der Waals surface area contributed by atoms with Gasteiger partial charge < -0.3 is 5.11 Å². The summed E-state index contributed by atoms with van der Waals surface area (Å²) in [5.74, 6) is 0. The monoisotopic (exact) mass is 318 g/mol. The maximum Gasteiger partial charge on any atom is 0.0954 e. The standard InChI is InChI=1S/C13H19IO/c1-3-7-13(15)10-9-12(13,2)8-5-4-6-11-14/h6-7,11,15H,1,4-5,8-10H2,2H3/b11-6-/t12-,13+/m1/s1. The molecule has 1 aliphatic rings. The van der Waals surface area contributed by atoms with Crippen molar-refractivity contribution in [3.05, 3.63) is 28.5 Å². The molecule has 1 aliphatic carbocycles. The molecule has 0 bridgehead atoms. The summed E-state index contributed by atoms with van der Waals surface area (Å²) in [5.41, 5.74) is 2.12. The molecular weight excluding hydrogens is 299 g/mol. The van der Waals surface area contributed by atoms with Crippen molar-refractivity contribution in [2.24, 2.45) is 5.41 Å². The van der Waals surface area contributed by atoms with Gasteiger partial charge >= 0.3 is 0 Å². The van der Waals surface area contributed by atoms with E-state index in [1.165, 1.54) is 0 Å². The van der Waals surface area contributed by atoms with Crippen LogP contribution in [0.15, 0.2) is 28.5 Å². The van der Waals surface area contributed by atoms with Gasteiger partial charge in [0.1, 0.15) is 0 Å². The van der Waals surface area contributed by atoms with E-state index in [1.807, 2.05) is 0 Å². The van der Waals surface area contributed by atoms with Crippen LogP contribution >= 0.6 is 22.6 Å². The average Bonchev–Trinajstić information content (AvgIpc) is 2.23. The molecule has 0 unspecified atom stereocenters. The van der Waals surface area contributed by atoms with E-state index in [2.05, 4.69) is 52.0 Å². The predicted molar refractivity (Wildman–Crippen MR) is 73.0 cm³/mol. The molecule has 1 fully saturated rings. The first kappa shape index (κ1) is 13.0. The van der Waals surface area contributed by atoms with E-state index in [1.54, 1.807) is 6.08 Å². The smallest absolute Gasteiger partial charge is 0.0954 e. The Kier molecular flexibility index (Phi) is 4.63. The van der Waals surface area contributed by atoms with Gasteiger partial charge in [-0.15, -0.1) is 5.73 Å². The summed E-state index contributed by atoms with van der Waals surface area (Å²) < 4.78 is 2.05. The predicted octanol–water partition coefficient (Wildman–Crippen LogP) is 3.98. The molecule has 1 rings (SSSR count). The maximum atomic E-state index is 10.3. The van der Waals surface area contributed by atoms with Crippen molar-refractivity contribution >= 4 is 22.6 Å². The van der Waals surface area contributed by atoms with Crippen LogP contribution in [0.4, 0.5) is 0 Å². The largest absolute Gasteiger partial charge is 0.385 e. The van der Waals surface area contributed by atoms with Crippen LogP contribution in [0.1, 0.15) is 39.0 Å². The first-order valence-electron chi connectivity index (χ1n) is 5.42. The molecule has 0 saturated heterocycles. The van der Waals surface area contributed by atoms with Gasteiger partial charge in [-0.3, -0.25) is 0 Å². The van der Waals surface area contributed by atoms with Crippen molar-refractivity contribution < 1.29 is 5.11 Å². The molecule has 15 heavy (non-hydrogen) atoms. The molecule has 1 nitrogen and oxygen atoms in total. The zero-order valence-electron chi connectivity index (χ0n) is 9.30. The number of rotatable bonds is 5. The minimum atomic E-state index is -0.650. The highest BCUT2D eigenvalue weighted by molar-refractivity contribution is 14.1. The fraction of sp³-hybridized carbons (Fsp3) is 0.615. The van der Waals surface area contributed by atoms with Crippen LogP contribution in [-0.2, 0) is 0 Å². The topological polar surface area (TPSA) is 20.2 Å². The van der Waals surface area contributed by atoms with Crippen molar-refractivity contribution in [1.82, 2.24) is 0 Å². The van der Waals surface area contributed by atoms with E-state index in [9.17, 15) is 5.11 Å². The Hall–Kier alpha value is -0.0500. The molecule has 0 aromatic rings. The third-order valence-electron chi connectivity index (χ3n) is 3.63. The van der Waals surface area contributed by atoms with E-state index in [0.29, 0.717) is 0 Å². The van der Waals surface area contributed by atoms with Crippen molar-refractivity contribution in [1.29, 1.82) is 0 Å². The average molecular weight is 318 g/mol. The Balaban J connectivity index is 2.49. The van der Waals surface area contributed by atoms with Gasteiger partial charge in [-0.25, -0.2) is 0 Å². The zero-order valence-corrected chi connectivity index (χ0v) is 11.5. The summed E-state index contributed by atoms with van der Waals surface area (Å²) in [4.78, 5) is 0. The summed E-state index contributed by atoms with van der Waals surface area (Å²) in [7, 11) is 0. The van der Waals surface area contributed by atoms with E-state index < -0.39 is 5.60 Å². The second kappa shape index (κ2) is 5.33. The van der Waals surface area contributed by atoms with Crippen LogP contribution in [0.25, 0.3) is 0 Å². The number of halogens is 1. The summed E-state index contributed by atoms with van der Waals surface area (Å²) in [6.45, 7) is 5.72. The Morgan fingerprint density at radius 2 is 2.27 bits per heavy atom. The van der Waals surface area contributed by atoms with Crippen LogP contribution in [0.5, 0.6) is 0 Å². The maximum absolute atomic E-state index is 10.3. The molecule has 0 spiro atoms. The molecule has 1 N–H and O–H groups in total. The molecule has 0 amide bonds. The van der Waals surface area contributed by atoms with Crippen LogP contribution in [0.2, 0.25) is 0 Å². The van der Waals surface area contributed by atoms with Gasteiger partial charge in [-0.2, -0.15) is 0 Å². The second-order valence-electron chi connectivity index (χ2n) is 4.59. The van der Waals surface area contributed by atoms with E-state index in [4.69, 9.17) is 0 Å². The van der Waals surface area contributed by atoms with E-state index >= 15 is 0 Å². The molecular formula is C13H19IO. The van der Waals surface area contributed by atoms with Crippen molar-refractivity contribution in [3.8, 4) is 0 Å². The molecule has 2 heteroatoms. The minimum absolute atomic E-state index is 0.0385. The fourth-order valence-electron chi connectivity index (χ4n) is 2.24. The summed E-state index contributed by atoms with van der Waals surface area (Å²) >= 11 is 2.24. The molecule has 0 aromatic carbocycles. The molecule has 0 radical (unpaired) electrons. The van der Waals surface area contributed by atoms with Gasteiger partial charge in [-0.05, 0) is 42.3 Å².